The summed E-state index contributed by atoms with van der Waals surface area (Å²) in [7, 11) is 0. The molecule has 0 spiro atoms. The minimum atomic E-state index is -4.43. The molecule has 9 heteroatoms. The molecule has 0 aromatic carbocycles. The minimum absolute atomic E-state index is 0.0689. The number of nitrogens with one attached hydrogen (secondary N) is 1. The summed E-state index contributed by atoms with van der Waals surface area (Å²) >= 11 is 3.10. The molecule has 1 amide bonds. The molecule has 0 atom stereocenters. The number of thiophene rings is 1. The van der Waals surface area contributed by atoms with E-state index in [-0.39, 0.29) is 24.1 Å². The predicted octanol–water partition coefficient (Wildman–Crippen LogP) is 3.63. The van der Waals surface area contributed by atoms with Crippen LogP contribution in [0.5, 0.6) is 5.88 Å². The average molecular weight is 376 g/mol. The van der Waals surface area contributed by atoms with Gasteiger partial charge in [-0.25, -0.2) is 4.98 Å². The summed E-state index contributed by atoms with van der Waals surface area (Å²) in [5, 5.41) is 4.63. The standard InChI is InChI=1S/C15H15F3N2O2S2/c16-15(17,18)10-22-14-11(3-1-5-19-14)7-20-13(21)9-23-8-12-4-2-6-24-12/h1-6H,7-10H2,(H,20,21). The number of hydrogen-bond acceptors (Lipinski definition) is 5. The first kappa shape index (κ1) is 18.6. The van der Waals surface area contributed by atoms with Gasteiger partial charge in [-0.2, -0.15) is 13.2 Å². The van der Waals surface area contributed by atoms with Crippen molar-refractivity contribution in [2.45, 2.75) is 18.5 Å². The van der Waals surface area contributed by atoms with Gasteiger partial charge in [0.25, 0.3) is 0 Å². The molecule has 130 valence electrons. The Morgan fingerprint density at radius 2 is 2.17 bits per heavy atom. The van der Waals surface area contributed by atoms with Crippen LogP contribution in [0.2, 0.25) is 0 Å². The van der Waals surface area contributed by atoms with Gasteiger partial charge in [-0.3, -0.25) is 4.79 Å². The van der Waals surface area contributed by atoms with Gasteiger partial charge in [-0.1, -0.05) is 12.1 Å². The third-order valence-electron chi connectivity index (χ3n) is 2.76. The van der Waals surface area contributed by atoms with Crippen LogP contribution >= 0.6 is 23.1 Å². The number of carbonyl (C=O) groups is 1. The second-order valence-electron chi connectivity index (χ2n) is 4.72. The summed E-state index contributed by atoms with van der Waals surface area (Å²) in [6, 6.07) is 7.09. The molecule has 1 N–H and O–H groups in total. The molecular formula is C15H15F3N2O2S2. The Morgan fingerprint density at radius 3 is 2.88 bits per heavy atom. The molecule has 0 aliphatic heterocycles. The van der Waals surface area contributed by atoms with Crippen molar-refractivity contribution >= 4 is 29.0 Å². The van der Waals surface area contributed by atoms with Crippen molar-refractivity contribution in [3.8, 4) is 5.88 Å². The number of nitrogens with zero attached hydrogens (tertiary/aromatic N) is 1. The summed E-state index contributed by atoms with van der Waals surface area (Å²) in [6.07, 6.45) is -3.09. The Labute approximate surface area is 145 Å². The highest BCUT2D eigenvalue weighted by Crippen LogP contribution is 2.20. The van der Waals surface area contributed by atoms with Crippen LogP contribution < -0.4 is 10.1 Å². The smallest absolute Gasteiger partial charge is 0.422 e. The fourth-order valence-electron chi connectivity index (χ4n) is 1.72. The molecule has 0 aliphatic rings. The van der Waals surface area contributed by atoms with E-state index in [0.29, 0.717) is 5.56 Å². The van der Waals surface area contributed by atoms with Gasteiger partial charge in [0, 0.05) is 28.9 Å². The largest absolute Gasteiger partial charge is 0.468 e. The van der Waals surface area contributed by atoms with Crippen LogP contribution in [0, 0.1) is 0 Å². The van der Waals surface area contributed by atoms with Gasteiger partial charge in [0.2, 0.25) is 11.8 Å². The zero-order valence-electron chi connectivity index (χ0n) is 12.5. The first-order valence-corrected chi connectivity index (χ1v) is 8.98. The number of pyridine rings is 1. The van der Waals surface area contributed by atoms with E-state index in [1.165, 1.54) is 22.8 Å². The summed E-state index contributed by atoms with van der Waals surface area (Å²) in [6.45, 7) is -1.35. The van der Waals surface area contributed by atoms with Gasteiger partial charge >= 0.3 is 6.18 Å². The first-order valence-electron chi connectivity index (χ1n) is 6.94. The number of rotatable bonds is 8. The van der Waals surface area contributed by atoms with E-state index < -0.39 is 12.8 Å². The normalized spacial score (nSPS) is 11.3. The van der Waals surface area contributed by atoms with Gasteiger partial charge in [-0.05, 0) is 17.5 Å². The minimum Gasteiger partial charge on any atom is -0.468 e. The number of halogens is 3. The second kappa shape index (κ2) is 8.93. The van der Waals surface area contributed by atoms with Gasteiger partial charge in [0.05, 0.1) is 5.75 Å². The van der Waals surface area contributed by atoms with Crippen LogP contribution in [-0.2, 0) is 17.1 Å². The Hall–Kier alpha value is -1.74. The number of alkyl halides is 3. The molecule has 24 heavy (non-hydrogen) atoms. The van der Waals surface area contributed by atoms with Crippen molar-refractivity contribution in [3.63, 3.8) is 0 Å². The number of aromatic nitrogens is 1. The van der Waals surface area contributed by atoms with E-state index in [2.05, 4.69) is 15.0 Å². The van der Waals surface area contributed by atoms with Gasteiger partial charge in [0.15, 0.2) is 6.61 Å². The SMILES string of the molecule is O=C(CSCc1cccs1)NCc1cccnc1OCC(F)(F)F. The molecule has 0 bridgehead atoms. The van der Waals surface area contributed by atoms with Gasteiger partial charge in [-0.15, -0.1) is 23.1 Å². The highest BCUT2D eigenvalue weighted by Gasteiger charge is 2.29. The van der Waals surface area contributed by atoms with Crippen LogP contribution in [0.1, 0.15) is 10.4 Å². The topological polar surface area (TPSA) is 51.2 Å². The summed E-state index contributed by atoms with van der Waals surface area (Å²) in [5.74, 6) is 0.706. The van der Waals surface area contributed by atoms with E-state index in [4.69, 9.17) is 0 Å². The molecule has 2 aromatic rings. The maximum Gasteiger partial charge on any atom is 0.422 e. The molecule has 0 aliphatic carbocycles. The monoisotopic (exact) mass is 376 g/mol. The lowest BCUT2D eigenvalue weighted by molar-refractivity contribution is -0.154. The van der Waals surface area contributed by atoms with E-state index in [1.54, 1.807) is 23.5 Å². The Morgan fingerprint density at radius 1 is 1.33 bits per heavy atom. The van der Waals surface area contributed by atoms with Crippen LogP contribution in [0.25, 0.3) is 0 Å². The number of amides is 1. The fourth-order valence-corrected chi connectivity index (χ4v) is 3.42. The molecule has 0 saturated heterocycles. The van der Waals surface area contributed by atoms with Crippen molar-refractivity contribution in [3.05, 3.63) is 46.3 Å². The van der Waals surface area contributed by atoms with Crippen molar-refractivity contribution in [1.82, 2.24) is 10.3 Å². The molecule has 2 aromatic heterocycles. The van der Waals surface area contributed by atoms with Crippen molar-refractivity contribution < 1.29 is 22.7 Å². The predicted molar refractivity (Wildman–Crippen MR) is 88.1 cm³/mol. The maximum atomic E-state index is 12.2. The Bertz CT molecular complexity index is 648. The quantitative estimate of drug-likeness (QED) is 0.764. The van der Waals surface area contributed by atoms with E-state index in [0.717, 1.165) is 5.75 Å². The molecular weight excluding hydrogens is 361 g/mol. The van der Waals surface area contributed by atoms with Crippen molar-refractivity contribution in [2.75, 3.05) is 12.4 Å². The van der Waals surface area contributed by atoms with Gasteiger partial charge in [0.1, 0.15) is 0 Å². The highest BCUT2D eigenvalue weighted by molar-refractivity contribution is 7.99. The number of ether oxygens (including phenoxy) is 1. The maximum absolute atomic E-state index is 12.2. The van der Waals surface area contributed by atoms with Crippen molar-refractivity contribution in [1.29, 1.82) is 0 Å². The summed E-state index contributed by atoms with van der Waals surface area (Å²) in [5.41, 5.74) is 0.401. The van der Waals surface area contributed by atoms with E-state index in [9.17, 15) is 18.0 Å². The number of thioether (sulfide) groups is 1. The van der Waals surface area contributed by atoms with Crippen molar-refractivity contribution in [2.24, 2.45) is 0 Å². The second-order valence-corrected chi connectivity index (χ2v) is 6.74. The lowest BCUT2D eigenvalue weighted by Gasteiger charge is -2.12. The van der Waals surface area contributed by atoms with Gasteiger partial charge < -0.3 is 10.1 Å². The summed E-state index contributed by atoms with van der Waals surface area (Å²) in [4.78, 5) is 16.8. The highest BCUT2D eigenvalue weighted by atomic mass is 32.2. The Kier molecular flexibility index (Phi) is 6.92. The lowest BCUT2D eigenvalue weighted by Crippen LogP contribution is -2.26. The fraction of sp³-hybridized carbons (Fsp3) is 0.333. The Balaban J connectivity index is 1.77. The number of hydrogen-bond donors (Lipinski definition) is 1. The summed E-state index contributed by atoms with van der Waals surface area (Å²) < 4.78 is 41.3. The molecule has 4 nitrogen and oxygen atoms in total. The lowest BCUT2D eigenvalue weighted by atomic mass is 10.2. The van der Waals surface area contributed by atoms with Crippen LogP contribution in [0.15, 0.2) is 35.8 Å². The van der Waals surface area contributed by atoms with E-state index in [1.807, 2.05) is 17.5 Å². The average Bonchev–Trinajstić information content (AvgIpc) is 3.04. The molecule has 0 unspecified atom stereocenters. The van der Waals surface area contributed by atoms with Crippen LogP contribution in [0.3, 0.4) is 0 Å². The third kappa shape index (κ3) is 6.79. The number of carbonyl (C=O) groups excluding carboxylic acids is 1. The van der Waals surface area contributed by atoms with Crippen LogP contribution in [0.4, 0.5) is 13.2 Å². The zero-order chi connectivity index (χ0) is 17.4. The molecule has 0 saturated carbocycles. The molecule has 0 fully saturated rings. The molecule has 2 rings (SSSR count). The first-order chi connectivity index (χ1) is 11.4. The molecule has 0 radical (unpaired) electrons. The molecule has 2 heterocycles. The third-order valence-corrected chi connectivity index (χ3v) is 4.80. The van der Waals surface area contributed by atoms with E-state index >= 15 is 0 Å². The van der Waals surface area contributed by atoms with Crippen LogP contribution in [-0.4, -0.2) is 29.4 Å². The zero-order valence-corrected chi connectivity index (χ0v) is 14.1.